The van der Waals surface area contributed by atoms with E-state index in [1.165, 1.54) is 0 Å². The van der Waals surface area contributed by atoms with E-state index in [2.05, 4.69) is 14.9 Å². The zero-order valence-electron chi connectivity index (χ0n) is 10.9. The summed E-state index contributed by atoms with van der Waals surface area (Å²) < 4.78 is 5.36. The lowest BCUT2D eigenvalue weighted by atomic mass is 10.1. The molecule has 0 radical (unpaired) electrons. The Balaban J connectivity index is 2.01. The van der Waals surface area contributed by atoms with E-state index in [1.807, 2.05) is 24.3 Å². The van der Waals surface area contributed by atoms with Crippen molar-refractivity contribution in [3.8, 4) is 5.88 Å². The molecule has 1 N–H and O–H groups in total. The summed E-state index contributed by atoms with van der Waals surface area (Å²) in [6.07, 6.45) is 1.32. The quantitative estimate of drug-likeness (QED) is 0.887. The van der Waals surface area contributed by atoms with Gasteiger partial charge in [0, 0.05) is 13.1 Å². The van der Waals surface area contributed by atoms with Crippen LogP contribution in [0.15, 0.2) is 24.3 Å². The standard InChI is InChI=1S/C14H17N3O2/c1-19-14-13(17-8-6-10(18)7-9-17)15-11-4-2-3-5-12(11)16-14/h2-5,10,18H,6-9H2,1H3. The fraction of sp³-hybridized carbons (Fsp3) is 0.429. The Morgan fingerprint density at radius 2 is 1.79 bits per heavy atom. The van der Waals surface area contributed by atoms with Crippen molar-refractivity contribution >= 4 is 16.9 Å². The van der Waals surface area contributed by atoms with E-state index in [1.54, 1.807) is 7.11 Å². The third kappa shape index (κ3) is 2.33. The molecule has 1 aliphatic rings. The summed E-state index contributed by atoms with van der Waals surface area (Å²) >= 11 is 0. The van der Waals surface area contributed by atoms with Gasteiger partial charge in [0.05, 0.1) is 24.2 Å². The monoisotopic (exact) mass is 259 g/mol. The molecule has 0 amide bonds. The van der Waals surface area contributed by atoms with Crippen molar-refractivity contribution in [3.63, 3.8) is 0 Å². The minimum absolute atomic E-state index is 0.198. The molecule has 5 nitrogen and oxygen atoms in total. The largest absolute Gasteiger partial charge is 0.478 e. The third-order valence-electron chi connectivity index (χ3n) is 3.48. The van der Waals surface area contributed by atoms with E-state index in [4.69, 9.17) is 4.74 Å². The second-order valence-electron chi connectivity index (χ2n) is 4.76. The average molecular weight is 259 g/mol. The fourth-order valence-corrected chi connectivity index (χ4v) is 2.40. The number of nitrogens with zero attached hydrogens (tertiary/aromatic N) is 3. The number of hydrogen-bond acceptors (Lipinski definition) is 5. The van der Waals surface area contributed by atoms with Crippen molar-refractivity contribution in [2.45, 2.75) is 18.9 Å². The molecule has 100 valence electrons. The number of aliphatic hydroxyl groups is 1. The average Bonchev–Trinajstić information content (AvgIpc) is 2.46. The Hall–Kier alpha value is -1.88. The molecule has 2 aromatic rings. The number of piperidine rings is 1. The number of fused-ring (bicyclic) bond motifs is 1. The van der Waals surface area contributed by atoms with Crippen molar-refractivity contribution < 1.29 is 9.84 Å². The van der Waals surface area contributed by atoms with Crippen LogP contribution in [0, 0.1) is 0 Å². The number of para-hydroxylation sites is 2. The van der Waals surface area contributed by atoms with Crippen LogP contribution in [0.4, 0.5) is 5.82 Å². The highest BCUT2D eigenvalue weighted by Gasteiger charge is 2.22. The molecule has 1 aromatic heterocycles. The van der Waals surface area contributed by atoms with E-state index >= 15 is 0 Å². The molecule has 0 unspecified atom stereocenters. The van der Waals surface area contributed by atoms with Gasteiger partial charge in [-0.2, -0.15) is 0 Å². The van der Waals surface area contributed by atoms with Crippen LogP contribution < -0.4 is 9.64 Å². The van der Waals surface area contributed by atoms with Gasteiger partial charge in [0.1, 0.15) is 0 Å². The second-order valence-corrected chi connectivity index (χ2v) is 4.76. The maximum Gasteiger partial charge on any atom is 0.257 e. The van der Waals surface area contributed by atoms with Crippen molar-refractivity contribution in [2.75, 3.05) is 25.1 Å². The lowest BCUT2D eigenvalue weighted by Crippen LogP contribution is -2.36. The smallest absolute Gasteiger partial charge is 0.257 e. The molecule has 0 saturated carbocycles. The molecular weight excluding hydrogens is 242 g/mol. The van der Waals surface area contributed by atoms with Crippen molar-refractivity contribution in [1.82, 2.24) is 9.97 Å². The van der Waals surface area contributed by atoms with Gasteiger partial charge in [-0.25, -0.2) is 9.97 Å². The van der Waals surface area contributed by atoms with Crippen LogP contribution in [0.1, 0.15) is 12.8 Å². The van der Waals surface area contributed by atoms with E-state index in [0.717, 1.165) is 42.8 Å². The molecule has 1 fully saturated rings. The Morgan fingerprint density at radius 1 is 1.16 bits per heavy atom. The van der Waals surface area contributed by atoms with Crippen molar-refractivity contribution in [3.05, 3.63) is 24.3 Å². The molecule has 19 heavy (non-hydrogen) atoms. The Bertz CT molecular complexity index is 580. The summed E-state index contributed by atoms with van der Waals surface area (Å²) in [6.45, 7) is 1.56. The van der Waals surface area contributed by atoms with Crippen LogP contribution in [0.5, 0.6) is 5.88 Å². The van der Waals surface area contributed by atoms with Gasteiger partial charge in [0.15, 0.2) is 5.82 Å². The molecule has 2 heterocycles. The highest BCUT2D eigenvalue weighted by molar-refractivity contribution is 5.77. The summed E-state index contributed by atoms with van der Waals surface area (Å²) in [5.74, 6) is 1.32. The molecule has 0 aliphatic carbocycles. The zero-order valence-corrected chi connectivity index (χ0v) is 10.9. The predicted molar refractivity (Wildman–Crippen MR) is 73.5 cm³/mol. The molecule has 0 bridgehead atoms. The van der Waals surface area contributed by atoms with Gasteiger partial charge in [0.25, 0.3) is 5.88 Å². The topological polar surface area (TPSA) is 58.5 Å². The second kappa shape index (κ2) is 5.01. The van der Waals surface area contributed by atoms with Crippen LogP contribution in [0.2, 0.25) is 0 Å². The highest BCUT2D eigenvalue weighted by Crippen LogP contribution is 2.28. The van der Waals surface area contributed by atoms with Crippen molar-refractivity contribution in [2.24, 2.45) is 0 Å². The maximum atomic E-state index is 9.58. The summed E-state index contributed by atoms with van der Waals surface area (Å²) in [7, 11) is 1.61. The number of rotatable bonds is 2. The van der Waals surface area contributed by atoms with E-state index in [9.17, 15) is 5.11 Å². The lowest BCUT2D eigenvalue weighted by molar-refractivity contribution is 0.145. The predicted octanol–water partition coefficient (Wildman–Crippen LogP) is 1.60. The van der Waals surface area contributed by atoms with Crippen molar-refractivity contribution in [1.29, 1.82) is 0 Å². The Kier molecular flexibility index (Phi) is 3.21. The van der Waals surface area contributed by atoms with E-state index < -0.39 is 0 Å². The first-order chi connectivity index (χ1) is 9.28. The number of methoxy groups -OCH3 is 1. The van der Waals surface area contributed by atoms with Gasteiger partial charge in [0.2, 0.25) is 0 Å². The van der Waals surface area contributed by atoms with Gasteiger partial charge in [-0.1, -0.05) is 12.1 Å². The summed E-state index contributed by atoms with van der Waals surface area (Å²) in [6, 6.07) is 7.76. The van der Waals surface area contributed by atoms with Crippen LogP contribution in [0.3, 0.4) is 0 Å². The summed E-state index contributed by atoms with van der Waals surface area (Å²) in [4.78, 5) is 11.3. The van der Waals surface area contributed by atoms with E-state index in [-0.39, 0.29) is 6.10 Å². The van der Waals surface area contributed by atoms with Crippen LogP contribution in [-0.4, -0.2) is 41.4 Å². The lowest BCUT2D eigenvalue weighted by Gasteiger charge is -2.31. The molecular formula is C14H17N3O2. The summed E-state index contributed by atoms with van der Waals surface area (Å²) in [5, 5.41) is 9.58. The number of hydrogen-bond donors (Lipinski definition) is 1. The first-order valence-corrected chi connectivity index (χ1v) is 6.51. The fourth-order valence-electron chi connectivity index (χ4n) is 2.40. The number of aromatic nitrogens is 2. The maximum absolute atomic E-state index is 9.58. The SMILES string of the molecule is COc1nc2ccccc2nc1N1CCC(O)CC1. The summed E-state index contributed by atoms with van der Waals surface area (Å²) in [5.41, 5.74) is 1.70. The third-order valence-corrected chi connectivity index (χ3v) is 3.48. The van der Waals surface area contributed by atoms with Crippen LogP contribution in [-0.2, 0) is 0 Å². The molecule has 1 aliphatic heterocycles. The Morgan fingerprint density at radius 3 is 2.42 bits per heavy atom. The number of aliphatic hydroxyl groups excluding tert-OH is 1. The number of anilines is 1. The Labute approximate surface area is 111 Å². The van der Waals surface area contributed by atoms with Gasteiger partial charge in [-0.3, -0.25) is 0 Å². The molecule has 5 heteroatoms. The number of benzene rings is 1. The van der Waals surface area contributed by atoms with Gasteiger partial charge in [-0.15, -0.1) is 0 Å². The normalized spacial score (nSPS) is 16.8. The minimum Gasteiger partial charge on any atom is -0.478 e. The minimum atomic E-state index is -0.198. The van der Waals surface area contributed by atoms with Gasteiger partial charge in [-0.05, 0) is 25.0 Å². The van der Waals surface area contributed by atoms with Gasteiger partial charge < -0.3 is 14.7 Å². The highest BCUT2D eigenvalue weighted by atomic mass is 16.5. The van der Waals surface area contributed by atoms with E-state index in [0.29, 0.717) is 5.88 Å². The van der Waals surface area contributed by atoms with Gasteiger partial charge >= 0.3 is 0 Å². The number of ether oxygens (including phenoxy) is 1. The van der Waals surface area contributed by atoms with Crippen LogP contribution >= 0.6 is 0 Å². The molecule has 0 spiro atoms. The zero-order chi connectivity index (χ0) is 13.2. The first kappa shape index (κ1) is 12.2. The van der Waals surface area contributed by atoms with Crippen LogP contribution in [0.25, 0.3) is 11.0 Å². The first-order valence-electron chi connectivity index (χ1n) is 6.51. The molecule has 0 atom stereocenters. The molecule has 3 rings (SSSR count). The molecule has 1 saturated heterocycles. The molecule has 1 aromatic carbocycles.